The van der Waals surface area contributed by atoms with Gasteiger partial charge in [-0.25, -0.2) is 0 Å². The number of hydrogen-bond donors (Lipinski definition) is 1. The second-order valence-corrected chi connectivity index (χ2v) is 7.74. The molecule has 4 rings (SSSR count). The quantitative estimate of drug-likeness (QED) is 0.725. The van der Waals surface area contributed by atoms with Crippen LogP contribution in [0.1, 0.15) is 36.6 Å². The van der Waals surface area contributed by atoms with Crippen molar-refractivity contribution < 1.29 is 0 Å². The number of aryl methyl sites for hydroxylation is 1. The van der Waals surface area contributed by atoms with Crippen LogP contribution in [-0.2, 0) is 0 Å². The average molecular weight is 345 g/mol. The number of hydrogen-bond acceptors (Lipinski definition) is 2. The van der Waals surface area contributed by atoms with Crippen LogP contribution in [0.5, 0.6) is 0 Å². The normalized spacial score (nSPS) is 22.4. The molecule has 0 amide bonds. The van der Waals surface area contributed by atoms with Crippen molar-refractivity contribution in [2.24, 2.45) is 0 Å². The molecule has 1 fully saturated rings. The van der Waals surface area contributed by atoms with Crippen LogP contribution in [0.3, 0.4) is 0 Å². The van der Waals surface area contributed by atoms with Gasteiger partial charge in [-0.2, -0.15) is 0 Å². The summed E-state index contributed by atoms with van der Waals surface area (Å²) in [6.45, 7) is 8.91. The smallest absolute Gasteiger partial charge is 0.0611 e. The lowest BCUT2D eigenvalue weighted by molar-refractivity contribution is 0.114. The van der Waals surface area contributed by atoms with E-state index in [4.69, 9.17) is 0 Å². The predicted molar refractivity (Wildman–Crippen MR) is 111 cm³/mol. The third-order valence-corrected chi connectivity index (χ3v) is 5.62. The van der Waals surface area contributed by atoms with Gasteiger partial charge in [0.2, 0.25) is 0 Å². The summed E-state index contributed by atoms with van der Waals surface area (Å²) in [5.41, 5.74) is 4.13. The van der Waals surface area contributed by atoms with Crippen LogP contribution in [0.2, 0.25) is 0 Å². The average Bonchev–Trinajstić information content (AvgIpc) is 2.65. The van der Waals surface area contributed by atoms with Gasteiger partial charge in [-0.1, -0.05) is 72.3 Å². The minimum absolute atomic E-state index is 0.278. The summed E-state index contributed by atoms with van der Waals surface area (Å²) in [6, 6.07) is 25.8. The van der Waals surface area contributed by atoms with Crippen molar-refractivity contribution in [3.8, 4) is 0 Å². The molecule has 3 aromatic rings. The summed E-state index contributed by atoms with van der Waals surface area (Å²) in [5, 5.41) is 6.31. The topological polar surface area (TPSA) is 15.3 Å². The summed E-state index contributed by atoms with van der Waals surface area (Å²) in [4.78, 5) is 2.68. The molecule has 2 heteroatoms. The predicted octanol–water partition coefficient (Wildman–Crippen LogP) is 4.92. The third-order valence-electron chi connectivity index (χ3n) is 5.62. The molecule has 0 radical (unpaired) electrons. The Kier molecular flexibility index (Phi) is 4.80. The molecular weight excluding hydrogens is 316 g/mol. The summed E-state index contributed by atoms with van der Waals surface area (Å²) in [5.74, 6) is 0. The first kappa shape index (κ1) is 17.3. The minimum Gasteiger partial charge on any atom is -0.311 e. The highest BCUT2D eigenvalue weighted by Crippen LogP contribution is 2.36. The fourth-order valence-corrected chi connectivity index (χ4v) is 4.29. The van der Waals surface area contributed by atoms with E-state index in [1.54, 1.807) is 0 Å². The van der Waals surface area contributed by atoms with E-state index in [0.29, 0.717) is 12.1 Å². The Hall–Kier alpha value is -2.16. The van der Waals surface area contributed by atoms with E-state index in [0.717, 1.165) is 13.1 Å². The van der Waals surface area contributed by atoms with Crippen LogP contribution in [0.25, 0.3) is 10.8 Å². The first-order valence-corrected chi connectivity index (χ1v) is 9.67. The van der Waals surface area contributed by atoms with Crippen LogP contribution < -0.4 is 5.32 Å². The van der Waals surface area contributed by atoms with Crippen LogP contribution in [-0.4, -0.2) is 30.1 Å². The van der Waals surface area contributed by atoms with Gasteiger partial charge in [-0.05, 0) is 42.7 Å². The fourth-order valence-electron chi connectivity index (χ4n) is 4.29. The van der Waals surface area contributed by atoms with Gasteiger partial charge in [0.25, 0.3) is 0 Å². The number of fused-ring (bicyclic) bond motifs is 1. The van der Waals surface area contributed by atoms with E-state index in [1.807, 2.05) is 0 Å². The summed E-state index contributed by atoms with van der Waals surface area (Å²) >= 11 is 0. The summed E-state index contributed by atoms with van der Waals surface area (Å²) in [7, 11) is 0. The molecule has 3 aromatic carbocycles. The van der Waals surface area contributed by atoms with Crippen LogP contribution in [0.4, 0.5) is 0 Å². The zero-order valence-electron chi connectivity index (χ0n) is 15.9. The summed E-state index contributed by atoms with van der Waals surface area (Å²) in [6.07, 6.45) is 0. The molecule has 134 valence electrons. The standard InChI is InChI=1S/C24H28N2/c1-17-8-6-11-21(14-17)24(26-16-18(2)25-15-19(26)3)23-13-7-10-20-9-4-5-12-22(20)23/h4-14,18-19,24-25H,15-16H2,1-3H3/t18-,19+,24?/m1/s1. The molecule has 0 spiro atoms. The van der Waals surface area contributed by atoms with Gasteiger partial charge in [0.05, 0.1) is 6.04 Å². The van der Waals surface area contributed by atoms with E-state index >= 15 is 0 Å². The maximum absolute atomic E-state index is 3.63. The number of nitrogens with one attached hydrogen (secondary N) is 1. The Labute approximate surface area is 156 Å². The molecule has 1 saturated heterocycles. The molecule has 2 nitrogen and oxygen atoms in total. The van der Waals surface area contributed by atoms with Crippen molar-refractivity contribution in [3.05, 3.63) is 83.4 Å². The van der Waals surface area contributed by atoms with Crippen molar-refractivity contribution in [2.75, 3.05) is 13.1 Å². The second kappa shape index (κ2) is 7.22. The minimum atomic E-state index is 0.278. The first-order valence-electron chi connectivity index (χ1n) is 9.67. The fraction of sp³-hybridized carbons (Fsp3) is 0.333. The number of nitrogens with zero attached hydrogens (tertiary/aromatic N) is 1. The van der Waals surface area contributed by atoms with Crippen molar-refractivity contribution >= 4 is 10.8 Å². The Morgan fingerprint density at radius 3 is 2.58 bits per heavy atom. The molecule has 1 unspecified atom stereocenters. The van der Waals surface area contributed by atoms with Crippen LogP contribution >= 0.6 is 0 Å². The molecule has 1 aliphatic rings. The molecule has 0 saturated carbocycles. The highest BCUT2D eigenvalue weighted by Gasteiger charge is 2.31. The van der Waals surface area contributed by atoms with Gasteiger partial charge in [0.15, 0.2) is 0 Å². The van der Waals surface area contributed by atoms with Crippen LogP contribution in [0, 0.1) is 6.92 Å². The zero-order valence-corrected chi connectivity index (χ0v) is 15.9. The van der Waals surface area contributed by atoms with Crippen molar-refractivity contribution in [3.63, 3.8) is 0 Å². The molecule has 1 heterocycles. The lowest BCUT2D eigenvalue weighted by Crippen LogP contribution is -2.55. The van der Waals surface area contributed by atoms with E-state index in [9.17, 15) is 0 Å². The van der Waals surface area contributed by atoms with Gasteiger partial charge in [-0.3, -0.25) is 4.90 Å². The zero-order chi connectivity index (χ0) is 18.1. The highest BCUT2D eigenvalue weighted by atomic mass is 15.2. The SMILES string of the molecule is Cc1cccc(C(c2cccc3ccccc23)N2C[C@@H](C)NC[C@@H]2C)c1. The largest absolute Gasteiger partial charge is 0.311 e. The van der Waals surface area contributed by atoms with E-state index in [1.165, 1.54) is 27.5 Å². The molecule has 1 aliphatic heterocycles. The van der Waals surface area contributed by atoms with Crippen molar-refractivity contribution in [1.29, 1.82) is 0 Å². The Bertz CT molecular complexity index is 896. The van der Waals surface area contributed by atoms with Gasteiger partial charge in [0, 0.05) is 25.2 Å². The van der Waals surface area contributed by atoms with Crippen molar-refractivity contribution in [1.82, 2.24) is 10.2 Å². The van der Waals surface area contributed by atoms with E-state index in [-0.39, 0.29) is 6.04 Å². The third kappa shape index (κ3) is 3.27. The lowest BCUT2D eigenvalue weighted by Gasteiger charge is -2.43. The van der Waals surface area contributed by atoms with Gasteiger partial charge < -0.3 is 5.32 Å². The Morgan fingerprint density at radius 1 is 0.962 bits per heavy atom. The molecule has 0 aromatic heterocycles. The Morgan fingerprint density at radius 2 is 1.73 bits per heavy atom. The number of piperazine rings is 1. The monoisotopic (exact) mass is 344 g/mol. The van der Waals surface area contributed by atoms with Gasteiger partial charge in [0.1, 0.15) is 0 Å². The van der Waals surface area contributed by atoms with Gasteiger partial charge >= 0.3 is 0 Å². The summed E-state index contributed by atoms with van der Waals surface area (Å²) < 4.78 is 0. The molecular formula is C24H28N2. The maximum Gasteiger partial charge on any atom is 0.0611 e. The maximum atomic E-state index is 3.63. The van der Waals surface area contributed by atoms with E-state index < -0.39 is 0 Å². The second-order valence-electron chi connectivity index (χ2n) is 7.74. The Balaban J connectivity index is 1.90. The molecule has 0 bridgehead atoms. The number of benzene rings is 3. The molecule has 26 heavy (non-hydrogen) atoms. The molecule has 1 N–H and O–H groups in total. The van der Waals surface area contributed by atoms with E-state index in [2.05, 4.69) is 97.7 Å². The highest BCUT2D eigenvalue weighted by molar-refractivity contribution is 5.86. The van der Waals surface area contributed by atoms with Crippen LogP contribution in [0.15, 0.2) is 66.7 Å². The molecule has 3 atom stereocenters. The lowest BCUT2D eigenvalue weighted by atomic mass is 9.90. The van der Waals surface area contributed by atoms with Crippen molar-refractivity contribution in [2.45, 2.75) is 38.9 Å². The molecule has 0 aliphatic carbocycles. The first-order chi connectivity index (χ1) is 12.6. The number of rotatable bonds is 3. The van der Waals surface area contributed by atoms with Gasteiger partial charge in [-0.15, -0.1) is 0 Å².